The van der Waals surface area contributed by atoms with E-state index in [1.54, 1.807) is 24.3 Å². The summed E-state index contributed by atoms with van der Waals surface area (Å²) in [6.07, 6.45) is -0.0508. The molecule has 25 heavy (non-hydrogen) atoms. The van der Waals surface area contributed by atoms with Gasteiger partial charge >= 0.3 is 0 Å². The Labute approximate surface area is 143 Å². The van der Waals surface area contributed by atoms with Crippen molar-refractivity contribution >= 4 is 29.1 Å². The predicted molar refractivity (Wildman–Crippen MR) is 90.5 cm³/mol. The van der Waals surface area contributed by atoms with E-state index in [1.165, 1.54) is 18.2 Å². The van der Waals surface area contributed by atoms with E-state index in [1.807, 2.05) is 6.07 Å². The fraction of sp³-hybridized carbons (Fsp3) is 0.167. The molecule has 1 aliphatic heterocycles. The van der Waals surface area contributed by atoms with Crippen LogP contribution in [-0.2, 0) is 14.4 Å². The van der Waals surface area contributed by atoms with Crippen LogP contribution >= 0.6 is 0 Å². The number of para-hydroxylation sites is 1. The molecule has 3 N–H and O–H groups in total. The molecule has 3 rings (SSSR count). The minimum Gasteiger partial charge on any atom is -0.346 e. The second-order valence-electron chi connectivity index (χ2n) is 5.67. The number of benzene rings is 2. The zero-order chi connectivity index (χ0) is 17.8. The Hall–Kier alpha value is -3.22. The first-order valence-electron chi connectivity index (χ1n) is 7.75. The van der Waals surface area contributed by atoms with Crippen LogP contribution in [-0.4, -0.2) is 24.3 Å². The van der Waals surface area contributed by atoms with Gasteiger partial charge in [0, 0.05) is 17.8 Å². The standard InChI is InChI=1S/C18H16FN3O3/c19-11-6-7-13-14(9-16(23)22-15(13)8-11)18(25)20-10-17(24)21-12-4-2-1-3-5-12/h1-8,14H,9-10H2,(H,20,25)(H,21,24)(H,22,23)/t14-/m0/s1. The van der Waals surface area contributed by atoms with Crippen LogP contribution in [0.4, 0.5) is 15.8 Å². The lowest BCUT2D eigenvalue weighted by molar-refractivity contribution is -0.127. The molecule has 128 valence electrons. The highest BCUT2D eigenvalue weighted by atomic mass is 19.1. The molecular formula is C18H16FN3O3. The molecule has 7 heteroatoms. The number of halogens is 1. The minimum atomic E-state index is -0.756. The second-order valence-corrected chi connectivity index (χ2v) is 5.67. The van der Waals surface area contributed by atoms with Gasteiger partial charge in [0.15, 0.2) is 0 Å². The van der Waals surface area contributed by atoms with Crippen molar-refractivity contribution in [1.29, 1.82) is 0 Å². The monoisotopic (exact) mass is 341 g/mol. The number of fused-ring (bicyclic) bond motifs is 1. The summed E-state index contributed by atoms with van der Waals surface area (Å²) < 4.78 is 13.3. The molecule has 1 heterocycles. The van der Waals surface area contributed by atoms with Crippen LogP contribution in [0.5, 0.6) is 0 Å². The fourth-order valence-corrected chi connectivity index (χ4v) is 2.69. The predicted octanol–water partition coefficient (Wildman–Crippen LogP) is 2.01. The van der Waals surface area contributed by atoms with Gasteiger partial charge in [-0.05, 0) is 29.8 Å². The summed E-state index contributed by atoms with van der Waals surface area (Å²) >= 11 is 0. The van der Waals surface area contributed by atoms with Gasteiger partial charge in [-0.1, -0.05) is 24.3 Å². The van der Waals surface area contributed by atoms with Crippen LogP contribution in [0.25, 0.3) is 0 Å². The Morgan fingerprint density at radius 2 is 1.92 bits per heavy atom. The van der Waals surface area contributed by atoms with Gasteiger partial charge in [0.2, 0.25) is 17.7 Å². The quantitative estimate of drug-likeness (QED) is 0.795. The van der Waals surface area contributed by atoms with Crippen LogP contribution in [0.15, 0.2) is 48.5 Å². The maximum atomic E-state index is 13.3. The molecule has 2 aromatic rings. The maximum Gasteiger partial charge on any atom is 0.243 e. The third-order valence-electron chi connectivity index (χ3n) is 3.85. The Morgan fingerprint density at radius 3 is 2.68 bits per heavy atom. The van der Waals surface area contributed by atoms with E-state index in [2.05, 4.69) is 16.0 Å². The topological polar surface area (TPSA) is 87.3 Å². The first-order valence-corrected chi connectivity index (χ1v) is 7.75. The largest absolute Gasteiger partial charge is 0.346 e. The van der Waals surface area contributed by atoms with Gasteiger partial charge in [-0.2, -0.15) is 0 Å². The van der Waals surface area contributed by atoms with Crippen molar-refractivity contribution < 1.29 is 18.8 Å². The fourth-order valence-electron chi connectivity index (χ4n) is 2.69. The third-order valence-corrected chi connectivity index (χ3v) is 3.85. The van der Waals surface area contributed by atoms with Crippen molar-refractivity contribution in [2.24, 2.45) is 0 Å². The van der Waals surface area contributed by atoms with E-state index < -0.39 is 17.6 Å². The zero-order valence-electron chi connectivity index (χ0n) is 13.2. The van der Waals surface area contributed by atoms with Gasteiger partial charge in [-0.15, -0.1) is 0 Å². The molecule has 3 amide bonds. The Bertz CT molecular complexity index is 824. The molecule has 0 unspecified atom stereocenters. The average Bonchev–Trinajstić information content (AvgIpc) is 2.59. The number of rotatable bonds is 4. The smallest absolute Gasteiger partial charge is 0.243 e. The first-order chi connectivity index (χ1) is 12.0. The molecule has 1 aliphatic rings. The molecule has 0 aliphatic carbocycles. The van der Waals surface area contributed by atoms with Crippen LogP contribution in [0, 0.1) is 5.82 Å². The number of nitrogens with one attached hydrogen (secondary N) is 3. The highest BCUT2D eigenvalue weighted by Crippen LogP contribution is 2.32. The lowest BCUT2D eigenvalue weighted by atomic mass is 9.89. The van der Waals surface area contributed by atoms with Crippen LogP contribution in [0.2, 0.25) is 0 Å². The van der Waals surface area contributed by atoms with E-state index in [9.17, 15) is 18.8 Å². The van der Waals surface area contributed by atoms with Crippen molar-refractivity contribution in [2.75, 3.05) is 17.2 Å². The molecule has 0 bridgehead atoms. The highest BCUT2D eigenvalue weighted by Gasteiger charge is 2.31. The summed E-state index contributed by atoms with van der Waals surface area (Å²) in [5.41, 5.74) is 1.44. The third kappa shape index (κ3) is 4.00. The van der Waals surface area contributed by atoms with Crippen LogP contribution in [0.1, 0.15) is 17.9 Å². The SMILES string of the molecule is O=C(CNC(=O)[C@H]1CC(=O)Nc2cc(F)ccc21)Nc1ccccc1. The number of hydrogen-bond acceptors (Lipinski definition) is 3. The molecule has 2 aromatic carbocycles. The van der Waals surface area contributed by atoms with E-state index in [0.717, 1.165) is 0 Å². The second kappa shape index (κ2) is 7.12. The molecule has 0 aromatic heterocycles. The Morgan fingerprint density at radius 1 is 1.16 bits per heavy atom. The van der Waals surface area contributed by atoms with Crippen molar-refractivity contribution in [3.05, 3.63) is 59.9 Å². The van der Waals surface area contributed by atoms with Gasteiger partial charge < -0.3 is 16.0 Å². The summed E-state index contributed by atoms with van der Waals surface area (Å²) in [6.45, 7) is -0.220. The summed E-state index contributed by atoms with van der Waals surface area (Å²) in [7, 11) is 0. The summed E-state index contributed by atoms with van der Waals surface area (Å²) in [5, 5.41) is 7.72. The van der Waals surface area contributed by atoms with Crippen LogP contribution < -0.4 is 16.0 Å². The number of carbonyl (C=O) groups is 3. The van der Waals surface area contributed by atoms with Crippen LogP contribution in [0.3, 0.4) is 0 Å². The number of anilines is 2. The van der Waals surface area contributed by atoms with Crippen molar-refractivity contribution in [3.8, 4) is 0 Å². The molecular weight excluding hydrogens is 325 g/mol. The van der Waals surface area contributed by atoms with Gasteiger partial charge in [-0.3, -0.25) is 14.4 Å². The summed E-state index contributed by atoms with van der Waals surface area (Å²) in [6, 6.07) is 12.7. The number of amides is 3. The molecule has 0 saturated heterocycles. The lowest BCUT2D eigenvalue weighted by Gasteiger charge is -2.24. The molecule has 0 radical (unpaired) electrons. The van der Waals surface area contributed by atoms with E-state index in [4.69, 9.17) is 0 Å². The highest BCUT2D eigenvalue weighted by molar-refractivity contribution is 6.02. The molecule has 0 spiro atoms. The zero-order valence-corrected chi connectivity index (χ0v) is 13.2. The van der Waals surface area contributed by atoms with E-state index >= 15 is 0 Å². The maximum absolute atomic E-state index is 13.3. The summed E-state index contributed by atoms with van der Waals surface area (Å²) in [4.78, 5) is 36.0. The van der Waals surface area contributed by atoms with Crippen molar-refractivity contribution in [1.82, 2.24) is 5.32 Å². The summed E-state index contributed by atoms with van der Waals surface area (Å²) in [5.74, 6) is -2.45. The minimum absolute atomic E-state index is 0.0508. The van der Waals surface area contributed by atoms with E-state index in [0.29, 0.717) is 11.3 Å². The Balaban J connectivity index is 1.64. The number of hydrogen-bond donors (Lipinski definition) is 3. The molecule has 0 fully saturated rings. The van der Waals surface area contributed by atoms with Gasteiger partial charge in [0.05, 0.1) is 12.5 Å². The normalized spacial score (nSPS) is 15.7. The lowest BCUT2D eigenvalue weighted by Crippen LogP contribution is -2.38. The van der Waals surface area contributed by atoms with Gasteiger partial charge in [0.1, 0.15) is 5.82 Å². The number of carbonyl (C=O) groups excluding carboxylic acids is 3. The van der Waals surface area contributed by atoms with Crippen molar-refractivity contribution in [3.63, 3.8) is 0 Å². The van der Waals surface area contributed by atoms with Crippen molar-refractivity contribution in [2.45, 2.75) is 12.3 Å². The van der Waals surface area contributed by atoms with Gasteiger partial charge in [0.25, 0.3) is 0 Å². The average molecular weight is 341 g/mol. The molecule has 6 nitrogen and oxygen atoms in total. The Kier molecular flexibility index (Phi) is 4.74. The first kappa shape index (κ1) is 16.6. The molecule has 0 saturated carbocycles. The molecule has 1 atom stereocenters. The van der Waals surface area contributed by atoms with Gasteiger partial charge in [-0.25, -0.2) is 4.39 Å². The van der Waals surface area contributed by atoms with E-state index in [-0.39, 0.29) is 30.5 Å².